The largest absolute Gasteiger partial charge is 0.480 e. The summed E-state index contributed by atoms with van der Waals surface area (Å²) in [6.07, 6.45) is 4.08. The number of nitrogens with zero attached hydrogens (tertiary/aromatic N) is 4. The van der Waals surface area contributed by atoms with E-state index >= 15 is 0 Å². The summed E-state index contributed by atoms with van der Waals surface area (Å²) in [5, 5.41) is 23.6. The lowest BCUT2D eigenvalue weighted by atomic mass is 10.2. The first-order chi connectivity index (χ1) is 9.61. The van der Waals surface area contributed by atoms with Gasteiger partial charge in [0.2, 0.25) is 0 Å². The molecule has 0 aliphatic carbocycles. The Hall–Kier alpha value is -2.81. The van der Waals surface area contributed by atoms with Crippen molar-refractivity contribution in [3.05, 3.63) is 36.5 Å². The number of rotatable bonds is 5. The molecular formula is C11H11N5O4. The van der Waals surface area contributed by atoms with Crippen LogP contribution < -0.4 is 5.32 Å². The van der Waals surface area contributed by atoms with Crippen LogP contribution in [0.25, 0.3) is 5.82 Å². The molecule has 0 aromatic carbocycles. The third-order valence-electron chi connectivity index (χ3n) is 2.45. The number of aliphatic hydroxyl groups is 1. The van der Waals surface area contributed by atoms with Crippen molar-refractivity contribution in [1.29, 1.82) is 0 Å². The minimum Gasteiger partial charge on any atom is -0.480 e. The van der Waals surface area contributed by atoms with E-state index in [0.29, 0.717) is 5.82 Å². The van der Waals surface area contributed by atoms with Gasteiger partial charge in [0.25, 0.3) is 5.91 Å². The van der Waals surface area contributed by atoms with Crippen molar-refractivity contribution < 1.29 is 19.8 Å². The van der Waals surface area contributed by atoms with E-state index in [9.17, 15) is 9.59 Å². The number of nitrogens with one attached hydrogen (secondary N) is 1. The normalized spacial score (nSPS) is 11.8. The minimum atomic E-state index is -1.35. The van der Waals surface area contributed by atoms with Crippen LogP contribution >= 0.6 is 0 Å². The predicted octanol–water partition coefficient (Wildman–Crippen LogP) is -1.16. The SMILES string of the molecule is O=C(NC(CO)C(=O)O)c1ccc(-n2cncn2)nc1. The van der Waals surface area contributed by atoms with Crippen molar-refractivity contribution in [2.45, 2.75) is 6.04 Å². The lowest BCUT2D eigenvalue weighted by Gasteiger charge is -2.11. The van der Waals surface area contributed by atoms with E-state index in [1.807, 2.05) is 0 Å². The predicted molar refractivity (Wildman–Crippen MR) is 65.1 cm³/mol. The lowest BCUT2D eigenvalue weighted by Crippen LogP contribution is -2.43. The molecule has 1 amide bonds. The van der Waals surface area contributed by atoms with Crippen molar-refractivity contribution in [2.24, 2.45) is 0 Å². The van der Waals surface area contributed by atoms with Crippen LogP contribution in [0, 0.1) is 0 Å². The second-order valence-corrected chi connectivity index (χ2v) is 3.79. The molecule has 2 aromatic rings. The quantitative estimate of drug-likeness (QED) is 0.628. The Morgan fingerprint density at radius 1 is 1.40 bits per heavy atom. The number of carboxylic acids is 1. The summed E-state index contributed by atoms with van der Waals surface area (Å²) in [5.74, 6) is -1.48. The van der Waals surface area contributed by atoms with Gasteiger partial charge in [-0.25, -0.2) is 19.4 Å². The molecule has 3 N–H and O–H groups in total. The van der Waals surface area contributed by atoms with Crippen molar-refractivity contribution in [3.8, 4) is 5.82 Å². The fourth-order valence-corrected chi connectivity index (χ4v) is 1.41. The average molecular weight is 277 g/mol. The number of carbonyl (C=O) groups excluding carboxylic acids is 1. The molecule has 0 saturated heterocycles. The Balaban J connectivity index is 2.10. The average Bonchev–Trinajstić information content (AvgIpc) is 2.98. The molecule has 0 bridgehead atoms. The number of hydrogen-bond donors (Lipinski definition) is 3. The van der Waals surface area contributed by atoms with E-state index in [0.717, 1.165) is 0 Å². The second-order valence-electron chi connectivity index (χ2n) is 3.79. The topological polar surface area (TPSA) is 130 Å². The number of aliphatic hydroxyl groups excluding tert-OH is 1. The van der Waals surface area contributed by atoms with Crippen molar-refractivity contribution in [3.63, 3.8) is 0 Å². The molecule has 2 rings (SSSR count). The highest BCUT2D eigenvalue weighted by Gasteiger charge is 2.19. The maximum atomic E-state index is 11.8. The standard InChI is InChI=1S/C11H11N5O4/c17-4-8(11(19)20)15-10(18)7-1-2-9(13-3-7)16-6-12-5-14-16/h1-3,5-6,8,17H,4H2,(H,15,18)(H,19,20). The summed E-state index contributed by atoms with van der Waals surface area (Å²) in [4.78, 5) is 30.2. The molecule has 0 radical (unpaired) electrons. The number of aliphatic carboxylic acids is 1. The molecule has 1 atom stereocenters. The number of hydrogen-bond acceptors (Lipinski definition) is 6. The van der Waals surface area contributed by atoms with Crippen LogP contribution in [0.4, 0.5) is 0 Å². The number of pyridine rings is 1. The molecule has 0 aliphatic heterocycles. The maximum Gasteiger partial charge on any atom is 0.328 e. The molecule has 2 heterocycles. The van der Waals surface area contributed by atoms with Crippen LogP contribution in [0.15, 0.2) is 31.0 Å². The summed E-state index contributed by atoms with van der Waals surface area (Å²) in [7, 11) is 0. The van der Waals surface area contributed by atoms with Gasteiger partial charge in [0, 0.05) is 6.20 Å². The zero-order valence-corrected chi connectivity index (χ0v) is 10.2. The number of amides is 1. The van der Waals surface area contributed by atoms with E-state index in [2.05, 4.69) is 20.4 Å². The molecule has 2 aromatic heterocycles. The molecule has 20 heavy (non-hydrogen) atoms. The first-order valence-corrected chi connectivity index (χ1v) is 5.57. The Morgan fingerprint density at radius 2 is 2.20 bits per heavy atom. The summed E-state index contributed by atoms with van der Waals surface area (Å²) in [6, 6.07) is 1.66. The molecule has 0 saturated carbocycles. The van der Waals surface area contributed by atoms with Gasteiger partial charge >= 0.3 is 5.97 Å². The van der Waals surface area contributed by atoms with Gasteiger partial charge in [-0.3, -0.25) is 4.79 Å². The highest BCUT2D eigenvalue weighted by Crippen LogP contribution is 2.04. The van der Waals surface area contributed by atoms with E-state index in [1.54, 1.807) is 0 Å². The maximum absolute atomic E-state index is 11.8. The zero-order chi connectivity index (χ0) is 14.5. The highest BCUT2D eigenvalue weighted by molar-refractivity contribution is 5.96. The van der Waals surface area contributed by atoms with E-state index in [4.69, 9.17) is 10.2 Å². The van der Waals surface area contributed by atoms with Crippen molar-refractivity contribution in [1.82, 2.24) is 25.1 Å². The first kappa shape index (κ1) is 13.6. The summed E-state index contributed by atoms with van der Waals surface area (Å²) < 4.78 is 1.41. The van der Waals surface area contributed by atoms with Crippen LogP contribution in [-0.4, -0.2) is 54.5 Å². The van der Waals surface area contributed by atoms with Crippen LogP contribution in [0.5, 0.6) is 0 Å². The fourth-order valence-electron chi connectivity index (χ4n) is 1.41. The van der Waals surface area contributed by atoms with Gasteiger partial charge in [0.15, 0.2) is 11.9 Å². The fraction of sp³-hybridized carbons (Fsp3) is 0.182. The van der Waals surface area contributed by atoms with E-state index in [1.165, 1.54) is 35.7 Å². The van der Waals surface area contributed by atoms with Gasteiger partial charge in [-0.05, 0) is 12.1 Å². The van der Waals surface area contributed by atoms with Gasteiger partial charge in [-0.15, -0.1) is 0 Å². The highest BCUT2D eigenvalue weighted by atomic mass is 16.4. The number of carboxylic acid groups (broad SMARTS) is 1. The van der Waals surface area contributed by atoms with E-state index < -0.39 is 24.5 Å². The summed E-state index contributed by atoms with van der Waals surface area (Å²) in [5.41, 5.74) is 0.175. The Morgan fingerprint density at radius 3 is 2.70 bits per heavy atom. The van der Waals surface area contributed by atoms with Crippen LogP contribution in [0.2, 0.25) is 0 Å². The van der Waals surface area contributed by atoms with Crippen LogP contribution in [0.1, 0.15) is 10.4 Å². The first-order valence-electron chi connectivity index (χ1n) is 5.57. The van der Waals surface area contributed by atoms with Crippen molar-refractivity contribution >= 4 is 11.9 Å². The van der Waals surface area contributed by atoms with E-state index in [-0.39, 0.29) is 5.56 Å². The molecule has 1 unspecified atom stereocenters. The molecule has 0 spiro atoms. The smallest absolute Gasteiger partial charge is 0.328 e. The molecule has 9 heteroatoms. The molecule has 104 valence electrons. The van der Waals surface area contributed by atoms with Crippen LogP contribution in [-0.2, 0) is 4.79 Å². The summed E-state index contributed by atoms with van der Waals surface area (Å²) in [6.45, 7) is -0.689. The zero-order valence-electron chi connectivity index (χ0n) is 10.2. The van der Waals surface area contributed by atoms with Gasteiger partial charge in [-0.1, -0.05) is 0 Å². The van der Waals surface area contributed by atoms with Gasteiger partial charge in [0.1, 0.15) is 12.7 Å². The third-order valence-corrected chi connectivity index (χ3v) is 2.45. The summed E-state index contributed by atoms with van der Waals surface area (Å²) >= 11 is 0. The van der Waals surface area contributed by atoms with Crippen LogP contribution in [0.3, 0.4) is 0 Å². The Bertz CT molecular complexity index is 596. The Labute approximate surface area is 112 Å². The van der Waals surface area contributed by atoms with Crippen molar-refractivity contribution in [2.75, 3.05) is 6.61 Å². The second kappa shape index (κ2) is 5.89. The van der Waals surface area contributed by atoms with Gasteiger partial charge in [0.05, 0.1) is 12.2 Å². The molecular weight excluding hydrogens is 266 g/mol. The Kier molecular flexibility index (Phi) is 4.01. The van der Waals surface area contributed by atoms with Gasteiger partial charge in [-0.2, -0.15) is 5.10 Å². The number of carbonyl (C=O) groups is 2. The molecule has 0 aliphatic rings. The number of aromatic nitrogens is 4. The lowest BCUT2D eigenvalue weighted by molar-refractivity contribution is -0.140. The molecule has 9 nitrogen and oxygen atoms in total. The molecule has 0 fully saturated rings. The minimum absolute atomic E-state index is 0.175. The van der Waals surface area contributed by atoms with Gasteiger partial charge < -0.3 is 15.5 Å². The monoisotopic (exact) mass is 277 g/mol. The third kappa shape index (κ3) is 2.95.